The Labute approximate surface area is 155 Å². The first-order chi connectivity index (χ1) is 12.6. The lowest BCUT2D eigenvalue weighted by Crippen LogP contribution is -2.28. The van der Waals surface area contributed by atoms with Crippen molar-refractivity contribution in [2.75, 3.05) is 7.05 Å². The second-order valence-corrected chi connectivity index (χ2v) is 6.59. The van der Waals surface area contributed by atoms with Gasteiger partial charge in [0, 0.05) is 25.6 Å². The molecule has 0 aliphatic heterocycles. The summed E-state index contributed by atoms with van der Waals surface area (Å²) in [6, 6.07) is 24.4. The molecule has 0 saturated carbocycles. The van der Waals surface area contributed by atoms with E-state index in [4.69, 9.17) is 0 Å². The van der Waals surface area contributed by atoms with E-state index in [9.17, 15) is 4.79 Å². The zero-order chi connectivity index (χ0) is 18.4. The molecule has 3 nitrogen and oxygen atoms in total. The van der Waals surface area contributed by atoms with Gasteiger partial charge in [0.2, 0.25) is 5.91 Å². The summed E-state index contributed by atoms with van der Waals surface area (Å²) in [5, 5.41) is 0. The average molecular weight is 344 g/mol. The van der Waals surface area contributed by atoms with Crippen LogP contribution in [0.5, 0.6) is 0 Å². The SMILES string of the molecule is Cc1ccccc1C(CC(=O)N(C)Cc1ccccn1)c1ccccc1. The van der Waals surface area contributed by atoms with Crippen LogP contribution in [0.25, 0.3) is 0 Å². The molecule has 1 unspecified atom stereocenters. The van der Waals surface area contributed by atoms with Gasteiger partial charge in [0.05, 0.1) is 12.2 Å². The molecule has 3 rings (SSSR count). The smallest absolute Gasteiger partial charge is 0.223 e. The van der Waals surface area contributed by atoms with Crippen molar-refractivity contribution in [3.05, 3.63) is 101 Å². The van der Waals surface area contributed by atoms with E-state index >= 15 is 0 Å². The predicted molar refractivity (Wildman–Crippen MR) is 105 cm³/mol. The predicted octanol–water partition coefficient (Wildman–Crippen LogP) is 4.57. The third kappa shape index (κ3) is 4.37. The average Bonchev–Trinajstić information content (AvgIpc) is 2.68. The monoisotopic (exact) mass is 344 g/mol. The molecular weight excluding hydrogens is 320 g/mol. The van der Waals surface area contributed by atoms with Gasteiger partial charge in [-0.3, -0.25) is 9.78 Å². The number of hydrogen-bond acceptors (Lipinski definition) is 2. The number of benzene rings is 2. The van der Waals surface area contributed by atoms with Crippen molar-refractivity contribution in [2.24, 2.45) is 0 Å². The maximum absolute atomic E-state index is 12.9. The molecular formula is C23H24N2O. The second-order valence-electron chi connectivity index (χ2n) is 6.59. The molecule has 132 valence electrons. The topological polar surface area (TPSA) is 33.2 Å². The van der Waals surface area contributed by atoms with E-state index in [1.165, 1.54) is 16.7 Å². The number of amides is 1. The fourth-order valence-electron chi connectivity index (χ4n) is 3.22. The van der Waals surface area contributed by atoms with Crippen molar-refractivity contribution in [3.8, 4) is 0 Å². The molecule has 0 radical (unpaired) electrons. The molecule has 0 N–H and O–H groups in total. The van der Waals surface area contributed by atoms with Crippen molar-refractivity contribution in [1.82, 2.24) is 9.88 Å². The Morgan fingerprint density at radius 2 is 1.65 bits per heavy atom. The highest BCUT2D eigenvalue weighted by atomic mass is 16.2. The van der Waals surface area contributed by atoms with Crippen LogP contribution in [-0.4, -0.2) is 22.8 Å². The molecule has 1 heterocycles. The van der Waals surface area contributed by atoms with Gasteiger partial charge in [-0.15, -0.1) is 0 Å². The van der Waals surface area contributed by atoms with Crippen molar-refractivity contribution in [3.63, 3.8) is 0 Å². The minimum Gasteiger partial charge on any atom is -0.340 e. The normalized spacial score (nSPS) is 11.8. The number of aromatic nitrogens is 1. The molecule has 0 aliphatic rings. The fourth-order valence-corrected chi connectivity index (χ4v) is 3.22. The molecule has 26 heavy (non-hydrogen) atoms. The molecule has 2 aromatic carbocycles. The molecule has 1 aromatic heterocycles. The Morgan fingerprint density at radius 3 is 2.35 bits per heavy atom. The molecule has 1 amide bonds. The maximum Gasteiger partial charge on any atom is 0.223 e. The van der Waals surface area contributed by atoms with Gasteiger partial charge < -0.3 is 4.90 Å². The van der Waals surface area contributed by atoms with E-state index in [0.29, 0.717) is 13.0 Å². The number of hydrogen-bond donors (Lipinski definition) is 0. The van der Waals surface area contributed by atoms with Gasteiger partial charge in [-0.1, -0.05) is 60.7 Å². The van der Waals surface area contributed by atoms with E-state index in [-0.39, 0.29) is 11.8 Å². The van der Waals surface area contributed by atoms with Gasteiger partial charge in [-0.05, 0) is 35.7 Å². The zero-order valence-corrected chi connectivity index (χ0v) is 15.3. The summed E-state index contributed by atoms with van der Waals surface area (Å²) in [5.74, 6) is 0.170. The number of rotatable bonds is 6. The van der Waals surface area contributed by atoms with Crippen molar-refractivity contribution < 1.29 is 4.79 Å². The number of aryl methyl sites for hydroxylation is 1. The van der Waals surface area contributed by atoms with Gasteiger partial charge in [0.25, 0.3) is 0 Å². The van der Waals surface area contributed by atoms with Gasteiger partial charge >= 0.3 is 0 Å². The van der Waals surface area contributed by atoms with Crippen molar-refractivity contribution in [1.29, 1.82) is 0 Å². The van der Waals surface area contributed by atoms with Crippen LogP contribution < -0.4 is 0 Å². The van der Waals surface area contributed by atoms with E-state index in [1.807, 2.05) is 55.6 Å². The second kappa shape index (κ2) is 8.43. The Morgan fingerprint density at radius 1 is 0.962 bits per heavy atom. The van der Waals surface area contributed by atoms with E-state index < -0.39 is 0 Å². The van der Waals surface area contributed by atoms with Crippen LogP contribution in [0.3, 0.4) is 0 Å². The highest BCUT2D eigenvalue weighted by Gasteiger charge is 2.21. The number of carbonyl (C=O) groups excluding carboxylic acids is 1. The highest BCUT2D eigenvalue weighted by Crippen LogP contribution is 2.30. The number of nitrogens with zero attached hydrogens (tertiary/aromatic N) is 2. The molecule has 0 spiro atoms. The zero-order valence-electron chi connectivity index (χ0n) is 15.3. The van der Waals surface area contributed by atoms with Crippen molar-refractivity contribution in [2.45, 2.75) is 25.8 Å². The largest absolute Gasteiger partial charge is 0.340 e. The quantitative estimate of drug-likeness (QED) is 0.656. The van der Waals surface area contributed by atoms with Crippen LogP contribution in [0.15, 0.2) is 79.0 Å². The molecule has 3 aromatic rings. The van der Waals surface area contributed by atoms with E-state index in [2.05, 4.69) is 36.2 Å². The van der Waals surface area contributed by atoms with Crippen LogP contribution in [0.4, 0.5) is 0 Å². The number of pyridine rings is 1. The van der Waals surface area contributed by atoms with Crippen LogP contribution in [0, 0.1) is 6.92 Å². The summed E-state index contributed by atoms with van der Waals surface area (Å²) >= 11 is 0. The fraction of sp³-hybridized carbons (Fsp3) is 0.217. The first kappa shape index (κ1) is 17.9. The minimum absolute atomic E-state index is 0.0519. The molecule has 0 aliphatic carbocycles. The van der Waals surface area contributed by atoms with E-state index in [1.54, 1.807) is 11.1 Å². The Balaban J connectivity index is 1.82. The summed E-state index contributed by atoms with van der Waals surface area (Å²) in [6.07, 6.45) is 2.20. The summed E-state index contributed by atoms with van der Waals surface area (Å²) in [5.41, 5.74) is 4.48. The van der Waals surface area contributed by atoms with Gasteiger partial charge in [-0.2, -0.15) is 0 Å². The lowest BCUT2D eigenvalue weighted by molar-refractivity contribution is -0.130. The third-order valence-corrected chi connectivity index (χ3v) is 4.70. The van der Waals surface area contributed by atoms with Gasteiger partial charge in [-0.25, -0.2) is 0 Å². The Hall–Kier alpha value is -2.94. The van der Waals surface area contributed by atoms with Gasteiger partial charge in [0.1, 0.15) is 0 Å². The Kier molecular flexibility index (Phi) is 5.80. The van der Waals surface area contributed by atoms with Crippen LogP contribution >= 0.6 is 0 Å². The molecule has 1 atom stereocenters. The Bertz CT molecular complexity index is 846. The van der Waals surface area contributed by atoms with E-state index in [0.717, 1.165) is 5.69 Å². The molecule has 0 bridgehead atoms. The van der Waals surface area contributed by atoms with Crippen LogP contribution in [0.1, 0.15) is 34.7 Å². The first-order valence-corrected chi connectivity index (χ1v) is 8.89. The molecule has 0 fully saturated rings. The molecule has 3 heteroatoms. The first-order valence-electron chi connectivity index (χ1n) is 8.89. The summed E-state index contributed by atoms with van der Waals surface area (Å²) in [7, 11) is 1.84. The van der Waals surface area contributed by atoms with Crippen LogP contribution in [0.2, 0.25) is 0 Å². The summed E-state index contributed by atoms with van der Waals surface area (Å²) in [4.78, 5) is 19.0. The third-order valence-electron chi connectivity index (χ3n) is 4.70. The lowest BCUT2D eigenvalue weighted by atomic mass is 9.85. The van der Waals surface area contributed by atoms with Crippen molar-refractivity contribution >= 4 is 5.91 Å². The summed E-state index contributed by atoms with van der Waals surface area (Å²) in [6.45, 7) is 2.63. The highest BCUT2D eigenvalue weighted by molar-refractivity contribution is 5.77. The standard InChI is InChI=1S/C23H24N2O/c1-18-10-6-7-14-21(18)22(19-11-4-3-5-12-19)16-23(26)25(2)17-20-13-8-9-15-24-20/h3-15,22H,16-17H2,1-2H3. The maximum atomic E-state index is 12.9. The number of carbonyl (C=O) groups is 1. The van der Waals surface area contributed by atoms with Crippen LogP contribution in [-0.2, 0) is 11.3 Å². The minimum atomic E-state index is 0.0519. The van der Waals surface area contributed by atoms with Gasteiger partial charge in [0.15, 0.2) is 0 Å². The summed E-state index contributed by atoms with van der Waals surface area (Å²) < 4.78 is 0. The lowest BCUT2D eigenvalue weighted by Gasteiger charge is -2.23. The molecule has 0 saturated heterocycles.